The molecule has 1 aromatic heterocycles. The van der Waals surface area contributed by atoms with Crippen LogP contribution in [0.1, 0.15) is 16.3 Å². The van der Waals surface area contributed by atoms with Gasteiger partial charge in [0, 0.05) is 11.8 Å². The summed E-state index contributed by atoms with van der Waals surface area (Å²) >= 11 is 0. The number of alkyl halides is 3. The van der Waals surface area contributed by atoms with Crippen LogP contribution in [0.25, 0.3) is 0 Å². The molecule has 8 heteroatoms. The molecule has 0 aliphatic rings. The zero-order valence-electron chi connectivity index (χ0n) is 10.6. The molecule has 2 rings (SSSR count). The lowest BCUT2D eigenvalue weighted by Gasteiger charge is -2.10. The van der Waals surface area contributed by atoms with Crippen LogP contribution in [0.5, 0.6) is 5.75 Å². The van der Waals surface area contributed by atoms with E-state index in [9.17, 15) is 18.0 Å². The Hall–Kier alpha value is -2.48. The summed E-state index contributed by atoms with van der Waals surface area (Å²) in [4.78, 5) is 11.8. The molecular weight excluding hydrogens is 289 g/mol. The molecule has 2 aromatic rings. The highest BCUT2D eigenvalue weighted by molar-refractivity contribution is 6.02. The molecule has 0 aliphatic carbocycles. The summed E-state index contributed by atoms with van der Waals surface area (Å²) in [6.45, 7) is 0.141. The highest BCUT2D eigenvalue weighted by Gasteiger charge is 2.31. The van der Waals surface area contributed by atoms with Crippen molar-refractivity contribution in [3.63, 3.8) is 0 Å². The van der Waals surface area contributed by atoms with Crippen LogP contribution in [0, 0.1) is 0 Å². The molecule has 0 aliphatic heterocycles. The molecule has 1 amide bonds. The van der Waals surface area contributed by atoms with Crippen molar-refractivity contribution in [3.8, 4) is 5.75 Å². The van der Waals surface area contributed by atoms with Crippen LogP contribution in [-0.2, 0) is 6.54 Å². The number of carbonyl (C=O) groups is 1. The molecule has 1 aromatic carbocycles. The highest BCUT2D eigenvalue weighted by Crippen LogP contribution is 2.25. The Bertz CT molecular complexity index is 638. The number of ether oxygens (including phenoxy) is 1. The zero-order chi connectivity index (χ0) is 15.5. The van der Waals surface area contributed by atoms with Crippen LogP contribution in [0.3, 0.4) is 0 Å². The Kier molecular flexibility index (Phi) is 4.18. The van der Waals surface area contributed by atoms with Gasteiger partial charge in [0.1, 0.15) is 11.5 Å². The molecule has 21 heavy (non-hydrogen) atoms. The van der Waals surface area contributed by atoms with Crippen molar-refractivity contribution in [1.29, 1.82) is 0 Å². The SMILES string of the molecule is NCc1ccc(C(=O)Nc2cccc(OC(F)(F)F)c2)o1. The second-order valence-corrected chi connectivity index (χ2v) is 4.00. The molecule has 0 saturated carbocycles. The molecule has 3 N–H and O–H groups in total. The van der Waals surface area contributed by atoms with Crippen LogP contribution in [-0.4, -0.2) is 12.3 Å². The molecule has 0 fully saturated rings. The second kappa shape index (κ2) is 5.88. The number of nitrogens with two attached hydrogens (primary N) is 1. The summed E-state index contributed by atoms with van der Waals surface area (Å²) in [5, 5.41) is 2.40. The standard InChI is InChI=1S/C13H11F3N2O3/c14-13(15,16)21-9-3-1-2-8(6-9)18-12(19)11-5-4-10(7-17)20-11/h1-6H,7,17H2,(H,18,19). The summed E-state index contributed by atoms with van der Waals surface area (Å²) in [6, 6.07) is 7.89. The summed E-state index contributed by atoms with van der Waals surface area (Å²) in [7, 11) is 0. The smallest absolute Gasteiger partial charge is 0.455 e. The van der Waals surface area contributed by atoms with E-state index >= 15 is 0 Å². The second-order valence-electron chi connectivity index (χ2n) is 4.00. The average Bonchev–Trinajstić information content (AvgIpc) is 2.85. The lowest BCUT2D eigenvalue weighted by atomic mass is 10.3. The monoisotopic (exact) mass is 300 g/mol. The number of amides is 1. The van der Waals surface area contributed by atoms with Gasteiger partial charge >= 0.3 is 6.36 Å². The number of carbonyl (C=O) groups excluding carboxylic acids is 1. The summed E-state index contributed by atoms with van der Waals surface area (Å²) in [5.41, 5.74) is 5.49. The van der Waals surface area contributed by atoms with E-state index in [2.05, 4.69) is 10.1 Å². The van der Waals surface area contributed by atoms with Crippen LogP contribution < -0.4 is 15.8 Å². The van der Waals surface area contributed by atoms with Gasteiger partial charge in [0.15, 0.2) is 5.76 Å². The maximum atomic E-state index is 12.1. The van der Waals surface area contributed by atoms with Crippen molar-refractivity contribution in [1.82, 2.24) is 0 Å². The number of rotatable bonds is 4. The Labute approximate surface area is 117 Å². The maximum absolute atomic E-state index is 12.1. The van der Waals surface area contributed by atoms with E-state index < -0.39 is 18.0 Å². The zero-order valence-corrected chi connectivity index (χ0v) is 10.6. The molecule has 0 atom stereocenters. The number of nitrogens with one attached hydrogen (secondary N) is 1. The van der Waals surface area contributed by atoms with Crippen molar-refractivity contribution < 1.29 is 27.1 Å². The third-order valence-electron chi connectivity index (χ3n) is 2.41. The van der Waals surface area contributed by atoms with Gasteiger partial charge in [0.25, 0.3) is 5.91 Å². The number of furan rings is 1. The molecule has 0 saturated heterocycles. The molecule has 5 nitrogen and oxygen atoms in total. The summed E-state index contributed by atoms with van der Waals surface area (Å²) < 4.78 is 45.2. The normalized spacial score (nSPS) is 11.2. The van der Waals surface area contributed by atoms with Crippen molar-refractivity contribution in [2.75, 3.05) is 5.32 Å². The first kappa shape index (κ1) is 14.9. The molecule has 0 spiro atoms. The van der Waals surface area contributed by atoms with Crippen molar-refractivity contribution in [2.24, 2.45) is 5.73 Å². The quantitative estimate of drug-likeness (QED) is 0.910. The molecule has 0 radical (unpaired) electrons. The average molecular weight is 300 g/mol. The van der Waals surface area contributed by atoms with Crippen LogP contribution >= 0.6 is 0 Å². The molecule has 1 heterocycles. The minimum absolute atomic E-state index is 0.0117. The van der Waals surface area contributed by atoms with Crippen LogP contribution in [0.4, 0.5) is 18.9 Å². The van der Waals surface area contributed by atoms with Crippen molar-refractivity contribution >= 4 is 11.6 Å². The first-order valence-corrected chi connectivity index (χ1v) is 5.83. The third kappa shape index (κ3) is 4.25. The van der Waals surface area contributed by atoms with Gasteiger partial charge in [-0.3, -0.25) is 4.79 Å². The van der Waals surface area contributed by atoms with E-state index in [0.717, 1.165) is 12.1 Å². The van der Waals surface area contributed by atoms with E-state index in [4.69, 9.17) is 10.2 Å². The first-order chi connectivity index (χ1) is 9.87. The van der Waals surface area contributed by atoms with Crippen LogP contribution in [0.2, 0.25) is 0 Å². The Morgan fingerprint density at radius 3 is 2.67 bits per heavy atom. The van der Waals surface area contributed by atoms with Gasteiger partial charge in [-0.2, -0.15) is 0 Å². The fourth-order valence-electron chi connectivity index (χ4n) is 1.57. The largest absolute Gasteiger partial charge is 0.573 e. The molecule has 0 unspecified atom stereocenters. The minimum Gasteiger partial charge on any atom is -0.455 e. The molecule has 0 bridgehead atoms. The van der Waals surface area contributed by atoms with E-state index in [0.29, 0.717) is 5.76 Å². The lowest BCUT2D eigenvalue weighted by Crippen LogP contribution is -2.17. The molecular formula is C13H11F3N2O3. The van der Waals surface area contributed by atoms with E-state index in [1.807, 2.05) is 0 Å². The Morgan fingerprint density at radius 2 is 2.05 bits per heavy atom. The Balaban J connectivity index is 2.08. The van der Waals surface area contributed by atoms with E-state index in [1.54, 1.807) is 0 Å². The topological polar surface area (TPSA) is 77.5 Å². The van der Waals surface area contributed by atoms with Gasteiger partial charge in [-0.1, -0.05) is 6.07 Å². The van der Waals surface area contributed by atoms with Crippen molar-refractivity contribution in [3.05, 3.63) is 47.9 Å². The van der Waals surface area contributed by atoms with Crippen molar-refractivity contribution in [2.45, 2.75) is 12.9 Å². The predicted molar refractivity (Wildman–Crippen MR) is 67.7 cm³/mol. The number of hydrogen-bond donors (Lipinski definition) is 2. The van der Waals surface area contributed by atoms with E-state index in [1.165, 1.54) is 24.3 Å². The summed E-state index contributed by atoms with van der Waals surface area (Å²) in [5.74, 6) is -0.590. The third-order valence-corrected chi connectivity index (χ3v) is 2.41. The lowest BCUT2D eigenvalue weighted by molar-refractivity contribution is -0.274. The molecule has 112 valence electrons. The highest BCUT2D eigenvalue weighted by atomic mass is 19.4. The number of halogens is 3. The number of anilines is 1. The van der Waals surface area contributed by atoms with Gasteiger partial charge < -0.3 is 20.2 Å². The minimum atomic E-state index is -4.79. The van der Waals surface area contributed by atoms with Gasteiger partial charge in [-0.15, -0.1) is 13.2 Å². The predicted octanol–water partition coefficient (Wildman–Crippen LogP) is 2.89. The Morgan fingerprint density at radius 1 is 1.29 bits per heavy atom. The summed E-state index contributed by atoms with van der Waals surface area (Å²) in [6.07, 6.45) is -4.79. The van der Waals surface area contributed by atoms with Crippen LogP contribution in [0.15, 0.2) is 40.8 Å². The van der Waals surface area contributed by atoms with Gasteiger partial charge in [0.05, 0.1) is 6.54 Å². The van der Waals surface area contributed by atoms with Gasteiger partial charge in [0.2, 0.25) is 0 Å². The van der Waals surface area contributed by atoms with Gasteiger partial charge in [-0.05, 0) is 24.3 Å². The van der Waals surface area contributed by atoms with Gasteiger partial charge in [-0.25, -0.2) is 0 Å². The number of hydrogen-bond acceptors (Lipinski definition) is 4. The fraction of sp³-hybridized carbons (Fsp3) is 0.154. The fourth-order valence-corrected chi connectivity index (χ4v) is 1.57. The maximum Gasteiger partial charge on any atom is 0.573 e. The van der Waals surface area contributed by atoms with E-state index in [-0.39, 0.29) is 18.0 Å². The number of benzene rings is 1. The first-order valence-electron chi connectivity index (χ1n) is 5.83.